The zero-order valence-corrected chi connectivity index (χ0v) is 19.6. The number of hydrogen-bond donors (Lipinski definition) is 1. The molecule has 0 atom stereocenters. The highest BCUT2D eigenvalue weighted by Crippen LogP contribution is 2.57. The van der Waals surface area contributed by atoms with Gasteiger partial charge in [-0.15, -0.1) is 0 Å². The molecule has 3 aromatic carbocycles. The van der Waals surface area contributed by atoms with Crippen LogP contribution < -0.4 is 10.1 Å². The summed E-state index contributed by atoms with van der Waals surface area (Å²) in [6, 6.07) is 21.5. The van der Waals surface area contributed by atoms with E-state index in [0.29, 0.717) is 0 Å². The van der Waals surface area contributed by atoms with E-state index in [0.717, 1.165) is 37.8 Å². The average molecular weight is 494 g/mol. The van der Waals surface area contributed by atoms with Crippen molar-refractivity contribution >= 4 is 6.09 Å². The number of alkyl halides is 3. The third-order valence-corrected chi connectivity index (χ3v) is 7.81. The summed E-state index contributed by atoms with van der Waals surface area (Å²) >= 11 is 0. The number of carbonyl (C=O) groups is 1. The van der Waals surface area contributed by atoms with Gasteiger partial charge in [-0.25, -0.2) is 4.79 Å². The summed E-state index contributed by atoms with van der Waals surface area (Å²) in [6.45, 7) is 0.282. The molecule has 0 radical (unpaired) electrons. The summed E-state index contributed by atoms with van der Waals surface area (Å²) in [4.78, 5) is 12.5. The Bertz CT molecular complexity index is 1250. The lowest BCUT2D eigenvalue weighted by Crippen LogP contribution is -2.58. The van der Waals surface area contributed by atoms with Gasteiger partial charge in [-0.2, -0.15) is 13.2 Å². The van der Waals surface area contributed by atoms with E-state index in [4.69, 9.17) is 9.47 Å². The van der Waals surface area contributed by atoms with Crippen LogP contribution in [0.2, 0.25) is 0 Å². The third-order valence-electron chi connectivity index (χ3n) is 7.81. The second-order valence-electron chi connectivity index (χ2n) is 10.2. The molecule has 3 aliphatic carbocycles. The zero-order valence-electron chi connectivity index (χ0n) is 19.6. The van der Waals surface area contributed by atoms with Crippen LogP contribution >= 0.6 is 0 Å². The van der Waals surface area contributed by atoms with Crippen LogP contribution in [0.1, 0.15) is 48.3 Å². The molecule has 2 saturated carbocycles. The standard InChI is InChI=1S/C29H26F3NO3/c30-29(31,32)18-6-5-7-20(12-18)36-21-15-28(16-21)13-19(14-28)33-27(34)35-17-26-24-10-3-1-8-22(24)23-9-2-4-11-25(23)26/h1-12,19,21,26H,13-17H2,(H,33,34). The summed E-state index contributed by atoms with van der Waals surface area (Å²) in [7, 11) is 0. The van der Waals surface area contributed by atoms with Gasteiger partial charge in [-0.1, -0.05) is 54.6 Å². The molecule has 0 heterocycles. The highest BCUT2D eigenvalue weighted by atomic mass is 19.4. The van der Waals surface area contributed by atoms with Crippen molar-refractivity contribution in [3.8, 4) is 16.9 Å². The molecule has 36 heavy (non-hydrogen) atoms. The summed E-state index contributed by atoms with van der Waals surface area (Å²) in [5, 5.41) is 2.97. The Morgan fingerprint density at radius 3 is 2.17 bits per heavy atom. The van der Waals surface area contributed by atoms with Crippen molar-refractivity contribution in [3.63, 3.8) is 0 Å². The minimum absolute atomic E-state index is 0.0243. The van der Waals surface area contributed by atoms with Gasteiger partial charge in [-0.05, 0) is 71.6 Å². The number of ether oxygens (including phenoxy) is 2. The van der Waals surface area contributed by atoms with Crippen molar-refractivity contribution in [3.05, 3.63) is 89.5 Å². The third kappa shape index (κ3) is 4.21. The maximum atomic E-state index is 12.9. The topological polar surface area (TPSA) is 47.6 Å². The lowest BCUT2D eigenvalue weighted by Gasteiger charge is -2.57. The van der Waals surface area contributed by atoms with Gasteiger partial charge in [0, 0.05) is 12.0 Å². The summed E-state index contributed by atoms with van der Waals surface area (Å²) in [5.74, 6) is 0.272. The SMILES string of the molecule is O=C(NC1CC2(C1)CC(Oc1cccc(C(F)(F)F)c1)C2)OCC1c2ccccc2-c2ccccc21. The Balaban J connectivity index is 0.972. The van der Waals surface area contributed by atoms with Gasteiger partial charge < -0.3 is 14.8 Å². The van der Waals surface area contributed by atoms with Gasteiger partial charge in [0.25, 0.3) is 0 Å². The molecule has 1 amide bonds. The number of alkyl carbamates (subject to hydrolysis) is 1. The molecule has 0 bridgehead atoms. The number of amides is 1. The maximum absolute atomic E-state index is 12.9. The van der Waals surface area contributed by atoms with E-state index in [1.807, 2.05) is 24.3 Å². The Kier molecular flexibility index (Phi) is 5.47. The molecule has 2 fully saturated rings. The largest absolute Gasteiger partial charge is 0.490 e. The monoisotopic (exact) mass is 493 g/mol. The molecular weight excluding hydrogens is 467 g/mol. The second kappa shape index (κ2) is 8.57. The Hall–Kier alpha value is -3.48. The molecule has 3 aromatic rings. The number of rotatable bonds is 5. The van der Waals surface area contributed by atoms with Gasteiger partial charge in [0.15, 0.2) is 0 Å². The molecule has 0 saturated heterocycles. The maximum Gasteiger partial charge on any atom is 0.416 e. The first-order valence-corrected chi connectivity index (χ1v) is 12.3. The smallest absolute Gasteiger partial charge is 0.416 e. The molecule has 0 unspecified atom stereocenters. The Morgan fingerprint density at radius 2 is 1.53 bits per heavy atom. The Morgan fingerprint density at radius 1 is 0.889 bits per heavy atom. The molecular formula is C29H26F3NO3. The van der Waals surface area contributed by atoms with Crippen LogP contribution in [0.3, 0.4) is 0 Å². The van der Waals surface area contributed by atoms with Crippen LogP contribution in [0.5, 0.6) is 5.75 Å². The van der Waals surface area contributed by atoms with Gasteiger partial charge in [0.2, 0.25) is 0 Å². The highest BCUT2D eigenvalue weighted by molar-refractivity contribution is 5.79. The molecule has 0 aliphatic heterocycles. The fraction of sp³-hybridized carbons (Fsp3) is 0.345. The van der Waals surface area contributed by atoms with Crippen molar-refractivity contribution in [1.29, 1.82) is 0 Å². The molecule has 186 valence electrons. The zero-order chi connectivity index (χ0) is 24.9. The van der Waals surface area contributed by atoms with Crippen molar-refractivity contribution < 1.29 is 27.4 Å². The first-order chi connectivity index (χ1) is 17.3. The summed E-state index contributed by atoms with van der Waals surface area (Å²) in [5.41, 5.74) is 4.13. The van der Waals surface area contributed by atoms with Crippen LogP contribution in [0.4, 0.5) is 18.0 Å². The molecule has 7 heteroatoms. The van der Waals surface area contributed by atoms with E-state index in [1.165, 1.54) is 28.3 Å². The molecule has 0 aromatic heterocycles. The van der Waals surface area contributed by atoms with Crippen LogP contribution in [0.15, 0.2) is 72.8 Å². The van der Waals surface area contributed by atoms with Gasteiger partial charge in [0.1, 0.15) is 12.4 Å². The number of fused-ring (bicyclic) bond motifs is 3. The predicted octanol–water partition coefficient (Wildman–Crippen LogP) is 6.93. The first-order valence-electron chi connectivity index (χ1n) is 12.3. The van der Waals surface area contributed by atoms with E-state index < -0.39 is 17.8 Å². The van der Waals surface area contributed by atoms with Crippen LogP contribution in [0.25, 0.3) is 11.1 Å². The summed E-state index contributed by atoms with van der Waals surface area (Å²) in [6.07, 6.45) is -1.65. The van der Waals surface area contributed by atoms with E-state index in [-0.39, 0.29) is 35.8 Å². The molecule has 1 N–H and O–H groups in total. The van der Waals surface area contributed by atoms with Crippen molar-refractivity contribution in [1.82, 2.24) is 5.32 Å². The van der Waals surface area contributed by atoms with Crippen LogP contribution in [0, 0.1) is 5.41 Å². The minimum Gasteiger partial charge on any atom is -0.490 e. The normalized spacial score (nSPS) is 24.3. The quantitative estimate of drug-likeness (QED) is 0.419. The van der Waals surface area contributed by atoms with Crippen molar-refractivity contribution in [2.45, 2.75) is 49.9 Å². The number of nitrogens with one attached hydrogen (secondary N) is 1. The van der Waals surface area contributed by atoms with E-state index in [9.17, 15) is 18.0 Å². The fourth-order valence-electron chi connectivity index (χ4n) is 6.16. The van der Waals surface area contributed by atoms with Crippen LogP contribution in [-0.2, 0) is 10.9 Å². The number of halogens is 3. The van der Waals surface area contributed by atoms with E-state index >= 15 is 0 Å². The van der Waals surface area contributed by atoms with Gasteiger partial charge in [0.05, 0.1) is 11.7 Å². The van der Waals surface area contributed by atoms with Crippen molar-refractivity contribution in [2.75, 3.05) is 6.61 Å². The molecule has 4 nitrogen and oxygen atoms in total. The second-order valence-corrected chi connectivity index (χ2v) is 10.2. The lowest BCUT2D eigenvalue weighted by atomic mass is 9.53. The van der Waals surface area contributed by atoms with Crippen molar-refractivity contribution in [2.24, 2.45) is 5.41 Å². The number of carbonyl (C=O) groups excluding carboxylic acids is 1. The average Bonchev–Trinajstić information content (AvgIpc) is 3.13. The number of benzene rings is 3. The molecule has 3 aliphatic rings. The minimum atomic E-state index is -4.38. The van der Waals surface area contributed by atoms with Gasteiger partial charge >= 0.3 is 12.3 Å². The fourth-order valence-corrected chi connectivity index (χ4v) is 6.16. The lowest BCUT2D eigenvalue weighted by molar-refractivity contribution is -0.138. The molecule has 1 spiro atoms. The predicted molar refractivity (Wildman–Crippen MR) is 129 cm³/mol. The Labute approximate surface area is 207 Å². The van der Waals surface area contributed by atoms with Crippen LogP contribution in [-0.4, -0.2) is 24.8 Å². The summed E-state index contributed by atoms with van der Waals surface area (Å²) < 4.78 is 50.1. The van der Waals surface area contributed by atoms with Gasteiger partial charge in [-0.3, -0.25) is 0 Å². The highest BCUT2D eigenvalue weighted by Gasteiger charge is 2.54. The van der Waals surface area contributed by atoms with E-state index in [1.54, 1.807) is 6.07 Å². The molecule has 6 rings (SSSR count). The van der Waals surface area contributed by atoms with E-state index in [2.05, 4.69) is 29.6 Å². The first kappa shape index (κ1) is 23.0. The number of hydrogen-bond acceptors (Lipinski definition) is 3.